The van der Waals surface area contributed by atoms with Gasteiger partial charge in [0.25, 0.3) is 0 Å². The molecule has 1 aliphatic rings. The summed E-state index contributed by atoms with van der Waals surface area (Å²) in [6.07, 6.45) is 3.74. The van der Waals surface area contributed by atoms with Gasteiger partial charge >= 0.3 is 0 Å². The molecule has 0 unspecified atom stereocenters. The Kier molecular flexibility index (Phi) is 4.95. The highest BCUT2D eigenvalue weighted by atomic mass is 32.2. The summed E-state index contributed by atoms with van der Waals surface area (Å²) in [5.74, 6) is 1.38. The normalized spacial score (nSPS) is 17.4. The zero-order valence-electron chi connectivity index (χ0n) is 12.0. The molecule has 1 fully saturated rings. The van der Waals surface area contributed by atoms with Crippen molar-refractivity contribution in [3.05, 3.63) is 18.3 Å². The van der Waals surface area contributed by atoms with Gasteiger partial charge in [0, 0.05) is 26.8 Å². The van der Waals surface area contributed by atoms with Gasteiger partial charge in [-0.15, -0.1) is 0 Å². The smallest absolute Gasteiger partial charge is 0.244 e. The topological polar surface area (TPSA) is 74.3 Å². The number of anilines is 1. The average molecular weight is 298 g/mol. The van der Waals surface area contributed by atoms with E-state index >= 15 is 0 Å². The first-order chi connectivity index (χ1) is 9.50. The van der Waals surface area contributed by atoms with Crippen LogP contribution in [0.5, 0.6) is 0 Å². The predicted octanol–water partition coefficient (Wildman–Crippen LogP) is 0.743. The van der Waals surface area contributed by atoms with Crippen LogP contribution in [-0.2, 0) is 10.0 Å². The largest absolute Gasteiger partial charge is 0.370 e. The van der Waals surface area contributed by atoms with E-state index in [1.807, 2.05) is 0 Å². The first-order valence-electron chi connectivity index (χ1n) is 6.83. The Bertz CT molecular complexity index is 522. The van der Waals surface area contributed by atoms with E-state index in [1.165, 1.54) is 37.4 Å². The minimum atomic E-state index is -3.39. The number of sulfonamides is 1. The molecule has 20 heavy (non-hydrogen) atoms. The lowest BCUT2D eigenvalue weighted by atomic mass is 9.98. The van der Waals surface area contributed by atoms with Crippen LogP contribution >= 0.6 is 0 Å². The highest BCUT2D eigenvalue weighted by molar-refractivity contribution is 7.89. The number of aromatic nitrogens is 1. The Morgan fingerprint density at radius 3 is 2.60 bits per heavy atom. The van der Waals surface area contributed by atoms with E-state index in [-0.39, 0.29) is 4.90 Å². The molecular formula is C13H22N4O2S. The molecule has 0 aromatic carbocycles. The molecule has 1 aliphatic heterocycles. The van der Waals surface area contributed by atoms with Crippen molar-refractivity contribution in [3.63, 3.8) is 0 Å². The molecule has 7 heteroatoms. The van der Waals surface area contributed by atoms with Crippen LogP contribution in [0, 0.1) is 5.92 Å². The van der Waals surface area contributed by atoms with E-state index in [0.717, 1.165) is 25.5 Å². The van der Waals surface area contributed by atoms with Gasteiger partial charge in [0.15, 0.2) is 0 Å². The summed E-state index contributed by atoms with van der Waals surface area (Å²) < 4.78 is 25.0. The number of nitrogens with one attached hydrogen (secondary N) is 2. The number of piperidine rings is 1. The summed E-state index contributed by atoms with van der Waals surface area (Å²) in [6.45, 7) is 3.02. The molecular weight excluding hydrogens is 276 g/mol. The van der Waals surface area contributed by atoms with Crippen LogP contribution in [0.15, 0.2) is 23.2 Å². The molecule has 0 atom stereocenters. The molecule has 1 aromatic heterocycles. The number of pyridine rings is 1. The van der Waals surface area contributed by atoms with E-state index in [4.69, 9.17) is 0 Å². The maximum absolute atomic E-state index is 11.9. The molecule has 0 radical (unpaired) electrons. The van der Waals surface area contributed by atoms with Crippen LogP contribution in [0.1, 0.15) is 12.8 Å². The fourth-order valence-electron chi connectivity index (χ4n) is 2.18. The van der Waals surface area contributed by atoms with E-state index in [1.54, 1.807) is 12.1 Å². The summed E-state index contributed by atoms with van der Waals surface area (Å²) in [7, 11) is -0.369. The van der Waals surface area contributed by atoms with Crippen LogP contribution in [0.25, 0.3) is 0 Å². The van der Waals surface area contributed by atoms with E-state index in [0.29, 0.717) is 5.92 Å². The standard InChI is InChI=1S/C13H22N4O2S/c1-17(2)20(18,19)12-3-4-13(16-10-12)15-9-11-5-7-14-8-6-11/h3-4,10-11,14H,5-9H2,1-2H3,(H,15,16). The first kappa shape index (κ1) is 15.2. The van der Waals surface area contributed by atoms with E-state index < -0.39 is 10.0 Å². The lowest BCUT2D eigenvalue weighted by Crippen LogP contribution is -2.31. The SMILES string of the molecule is CN(C)S(=O)(=O)c1ccc(NCC2CCNCC2)nc1. The van der Waals surface area contributed by atoms with Crippen LogP contribution in [0.3, 0.4) is 0 Å². The monoisotopic (exact) mass is 298 g/mol. The number of nitrogens with zero attached hydrogens (tertiary/aromatic N) is 2. The molecule has 0 saturated carbocycles. The third-order valence-corrected chi connectivity index (χ3v) is 5.34. The van der Waals surface area contributed by atoms with Crippen LogP contribution in [-0.4, -0.2) is 51.4 Å². The number of hydrogen-bond donors (Lipinski definition) is 2. The fourth-order valence-corrected chi connectivity index (χ4v) is 3.03. The Morgan fingerprint density at radius 2 is 2.05 bits per heavy atom. The Hall–Kier alpha value is -1.18. The van der Waals surface area contributed by atoms with Gasteiger partial charge in [-0.1, -0.05) is 0 Å². The molecule has 0 amide bonds. The van der Waals surface area contributed by atoms with Crippen LogP contribution < -0.4 is 10.6 Å². The summed E-state index contributed by atoms with van der Waals surface area (Å²) in [5.41, 5.74) is 0. The molecule has 2 N–H and O–H groups in total. The third kappa shape index (κ3) is 3.68. The maximum atomic E-state index is 11.9. The van der Waals surface area contributed by atoms with E-state index in [2.05, 4.69) is 15.6 Å². The average Bonchev–Trinajstić information content (AvgIpc) is 2.46. The predicted molar refractivity (Wildman–Crippen MR) is 79.2 cm³/mol. The van der Waals surface area contributed by atoms with E-state index in [9.17, 15) is 8.42 Å². The van der Waals surface area contributed by atoms with Gasteiger partial charge in [0.1, 0.15) is 10.7 Å². The van der Waals surface area contributed by atoms with Gasteiger partial charge < -0.3 is 10.6 Å². The summed E-state index contributed by atoms with van der Waals surface area (Å²) in [5, 5.41) is 6.61. The highest BCUT2D eigenvalue weighted by Gasteiger charge is 2.17. The van der Waals surface area contributed by atoms with Crippen molar-refractivity contribution in [1.29, 1.82) is 0 Å². The van der Waals surface area contributed by atoms with Crippen molar-refractivity contribution in [3.8, 4) is 0 Å². The molecule has 112 valence electrons. The minimum Gasteiger partial charge on any atom is -0.370 e. The fraction of sp³-hybridized carbons (Fsp3) is 0.615. The Morgan fingerprint density at radius 1 is 1.35 bits per heavy atom. The van der Waals surface area contributed by atoms with Crippen molar-refractivity contribution in [2.45, 2.75) is 17.7 Å². The molecule has 2 heterocycles. The highest BCUT2D eigenvalue weighted by Crippen LogP contribution is 2.16. The summed E-state index contributed by atoms with van der Waals surface area (Å²) in [4.78, 5) is 4.40. The van der Waals surface area contributed by atoms with Crippen molar-refractivity contribution >= 4 is 15.8 Å². The lowest BCUT2D eigenvalue weighted by Gasteiger charge is -2.23. The van der Waals surface area contributed by atoms with Crippen molar-refractivity contribution in [2.24, 2.45) is 5.92 Å². The molecule has 0 bridgehead atoms. The van der Waals surface area contributed by atoms with Crippen molar-refractivity contribution in [1.82, 2.24) is 14.6 Å². The van der Waals surface area contributed by atoms with Crippen molar-refractivity contribution in [2.75, 3.05) is 39.0 Å². The van der Waals surface area contributed by atoms with Gasteiger partial charge in [0.05, 0.1) is 0 Å². The summed E-state index contributed by atoms with van der Waals surface area (Å²) in [6, 6.07) is 3.31. The molecule has 0 aliphatic carbocycles. The molecule has 0 spiro atoms. The minimum absolute atomic E-state index is 0.218. The first-order valence-corrected chi connectivity index (χ1v) is 8.27. The van der Waals surface area contributed by atoms with Gasteiger partial charge in [-0.3, -0.25) is 0 Å². The molecule has 1 saturated heterocycles. The summed E-state index contributed by atoms with van der Waals surface area (Å²) >= 11 is 0. The second-order valence-electron chi connectivity index (χ2n) is 5.24. The second kappa shape index (κ2) is 6.51. The number of hydrogen-bond acceptors (Lipinski definition) is 5. The second-order valence-corrected chi connectivity index (χ2v) is 7.39. The zero-order valence-corrected chi connectivity index (χ0v) is 12.8. The maximum Gasteiger partial charge on any atom is 0.244 e. The lowest BCUT2D eigenvalue weighted by molar-refractivity contribution is 0.389. The van der Waals surface area contributed by atoms with Crippen LogP contribution in [0.4, 0.5) is 5.82 Å². The molecule has 2 rings (SSSR count). The third-order valence-electron chi connectivity index (χ3n) is 3.55. The van der Waals surface area contributed by atoms with Gasteiger partial charge in [-0.25, -0.2) is 17.7 Å². The van der Waals surface area contributed by atoms with Crippen molar-refractivity contribution < 1.29 is 8.42 Å². The molecule has 1 aromatic rings. The van der Waals surface area contributed by atoms with Gasteiger partial charge in [0.2, 0.25) is 10.0 Å². The molecule has 6 nitrogen and oxygen atoms in total. The Labute approximate surface area is 120 Å². The van der Waals surface area contributed by atoms with Gasteiger partial charge in [-0.05, 0) is 44.0 Å². The van der Waals surface area contributed by atoms with Crippen LogP contribution in [0.2, 0.25) is 0 Å². The quantitative estimate of drug-likeness (QED) is 0.839. The van der Waals surface area contributed by atoms with Gasteiger partial charge in [-0.2, -0.15) is 0 Å². The Balaban J connectivity index is 1.94. The zero-order chi connectivity index (χ0) is 14.6. The number of rotatable bonds is 5.